The molecule has 0 saturated heterocycles. The van der Waals surface area contributed by atoms with Gasteiger partial charge in [-0.1, -0.05) is 36.0 Å². The van der Waals surface area contributed by atoms with Crippen LogP contribution in [0.3, 0.4) is 0 Å². The van der Waals surface area contributed by atoms with Gasteiger partial charge < -0.3 is 10.1 Å². The minimum atomic E-state index is -0.0838. The number of amides is 1. The van der Waals surface area contributed by atoms with E-state index >= 15 is 0 Å². The van der Waals surface area contributed by atoms with Gasteiger partial charge in [0, 0.05) is 41.2 Å². The van der Waals surface area contributed by atoms with Gasteiger partial charge in [-0.2, -0.15) is 0 Å². The molecule has 1 aromatic heterocycles. The van der Waals surface area contributed by atoms with E-state index in [4.69, 9.17) is 4.74 Å². The number of imidazole rings is 1. The average molecular weight is 379 g/mol. The monoisotopic (exact) mass is 379 g/mol. The number of carbonyl (C=O) groups is 1. The first-order valence-corrected chi connectivity index (χ1v) is 10.1. The molecule has 0 radical (unpaired) electrons. The van der Waals surface area contributed by atoms with Crippen molar-refractivity contribution in [2.24, 2.45) is 0 Å². The van der Waals surface area contributed by atoms with Crippen LogP contribution in [0.5, 0.6) is 5.75 Å². The van der Waals surface area contributed by atoms with Gasteiger partial charge in [0.1, 0.15) is 5.75 Å². The second kappa shape index (κ2) is 7.48. The number of nitrogens with zero attached hydrogens (tertiary/aromatic N) is 2. The molecular formula is C21H21N3O2S. The SMILES string of the molecule is CSc1nccn1-c1cccc(C(=O)N[C@H](C)[C@@H]2COc3ccccc32)c1. The fourth-order valence-corrected chi connectivity index (χ4v) is 3.96. The number of aromatic nitrogens is 2. The summed E-state index contributed by atoms with van der Waals surface area (Å²) in [6.45, 7) is 2.62. The summed E-state index contributed by atoms with van der Waals surface area (Å²) in [6, 6.07) is 15.6. The molecule has 1 amide bonds. The van der Waals surface area contributed by atoms with Crippen LogP contribution in [0, 0.1) is 0 Å². The molecule has 0 spiro atoms. The summed E-state index contributed by atoms with van der Waals surface area (Å²) in [7, 11) is 0. The lowest BCUT2D eigenvalue weighted by atomic mass is 9.94. The number of carbonyl (C=O) groups excluding carboxylic acids is 1. The highest BCUT2D eigenvalue weighted by molar-refractivity contribution is 7.98. The van der Waals surface area contributed by atoms with Crippen LogP contribution >= 0.6 is 11.8 Å². The largest absolute Gasteiger partial charge is 0.493 e. The summed E-state index contributed by atoms with van der Waals surface area (Å²) in [5.41, 5.74) is 2.71. The van der Waals surface area contributed by atoms with E-state index in [1.165, 1.54) is 0 Å². The number of rotatable bonds is 5. The maximum Gasteiger partial charge on any atom is 0.251 e. The minimum Gasteiger partial charge on any atom is -0.493 e. The molecule has 0 unspecified atom stereocenters. The first kappa shape index (κ1) is 17.7. The summed E-state index contributed by atoms with van der Waals surface area (Å²) in [4.78, 5) is 17.1. The van der Waals surface area contributed by atoms with Crippen molar-refractivity contribution in [1.82, 2.24) is 14.9 Å². The third kappa shape index (κ3) is 3.45. The molecule has 3 aromatic rings. The van der Waals surface area contributed by atoms with Crippen molar-refractivity contribution in [3.63, 3.8) is 0 Å². The van der Waals surface area contributed by atoms with Crippen LogP contribution in [0.15, 0.2) is 66.1 Å². The molecule has 1 aliphatic rings. The van der Waals surface area contributed by atoms with Crippen molar-refractivity contribution in [3.05, 3.63) is 72.1 Å². The maximum absolute atomic E-state index is 12.8. The van der Waals surface area contributed by atoms with E-state index in [0.29, 0.717) is 12.2 Å². The fraction of sp³-hybridized carbons (Fsp3) is 0.238. The zero-order valence-corrected chi connectivity index (χ0v) is 16.1. The smallest absolute Gasteiger partial charge is 0.251 e. The zero-order valence-electron chi connectivity index (χ0n) is 15.3. The number of ether oxygens (including phenoxy) is 1. The molecule has 4 rings (SSSR count). The van der Waals surface area contributed by atoms with Gasteiger partial charge in [0.15, 0.2) is 5.16 Å². The first-order chi connectivity index (χ1) is 13.2. The number of thioether (sulfide) groups is 1. The molecule has 27 heavy (non-hydrogen) atoms. The van der Waals surface area contributed by atoms with E-state index in [2.05, 4.69) is 16.4 Å². The number of benzene rings is 2. The lowest BCUT2D eigenvalue weighted by Crippen LogP contribution is -2.37. The van der Waals surface area contributed by atoms with Gasteiger partial charge in [-0.15, -0.1) is 0 Å². The van der Waals surface area contributed by atoms with Crippen molar-refractivity contribution < 1.29 is 9.53 Å². The zero-order chi connectivity index (χ0) is 18.8. The first-order valence-electron chi connectivity index (χ1n) is 8.87. The van der Waals surface area contributed by atoms with Crippen LogP contribution < -0.4 is 10.1 Å². The highest BCUT2D eigenvalue weighted by Gasteiger charge is 2.29. The number of para-hydroxylation sites is 1. The Labute approximate surface area is 162 Å². The summed E-state index contributed by atoms with van der Waals surface area (Å²) in [6.07, 6.45) is 5.65. The van der Waals surface area contributed by atoms with Gasteiger partial charge in [-0.3, -0.25) is 9.36 Å². The second-order valence-corrected chi connectivity index (χ2v) is 7.33. The van der Waals surface area contributed by atoms with Crippen LogP contribution in [0.25, 0.3) is 5.69 Å². The molecule has 2 heterocycles. The van der Waals surface area contributed by atoms with E-state index in [1.807, 2.05) is 66.4 Å². The van der Waals surface area contributed by atoms with Crippen molar-refractivity contribution in [2.75, 3.05) is 12.9 Å². The fourth-order valence-electron chi connectivity index (χ4n) is 3.43. The molecule has 2 aromatic carbocycles. The molecule has 138 valence electrons. The molecule has 5 nitrogen and oxygen atoms in total. The van der Waals surface area contributed by atoms with Crippen LogP contribution in [0.1, 0.15) is 28.8 Å². The Hall–Kier alpha value is -2.73. The van der Waals surface area contributed by atoms with Gasteiger partial charge in [-0.25, -0.2) is 4.98 Å². The number of hydrogen-bond donors (Lipinski definition) is 1. The van der Waals surface area contributed by atoms with E-state index in [-0.39, 0.29) is 17.9 Å². The van der Waals surface area contributed by atoms with E-state index in [1.54, 1.807) is 18.0 Å². The quantitative estimate of drug-likeness (QED) is 0.684. The lowest BCUT2D eigenvalue weighted by Gasteiger charge is -2.20. The van der Waals surface area contributed by atoms with Gasteiger partial charge in [-0.05, 0) is 37.4 Å². The predicted octanol–water partition coefficient (Wildman–Crippen LogP) is 3.89. The third-order valence-corrected chi connectivity index (χ3v) is 5.54. The van der Waals surface area contributed by atoms with Crippen molar-refractivity contribution >= 4 is 17.7 Å². The minimum absolute atomic E-state index is 0.0280. The normalized spacial score (nSPS) is 16.4. The number of nitrogens with one attached hydrogen (secondary N) is 1. The molecule has 0 fully saturated rings. The molecule has 1 aliphatic heterocycles. The van der Waals surface area contributed by atoms with Gasteiger partial charge in [0.2, 0.25) is 0 Å². The van der Waals surface area contributed by atoms with Crippen molar-refractivity contribution in [3.8, 4) is 11.4 Å². The van der Waals surface area contributed by atoms with E-state index in [0.717, 1.165) is 22.2 Å². The topological polar surface area (TPSA) is 56.2 Å². The molecule has 0 aliphatic carbocycles. The Balaban J connectivity index is 1.51. The molecule has 2 atom stereocenters. The van der Waals surface area contributed by atoms with Gasteiger partial charge in [0.25, 0.3) is 5.91 Å². The average Bonchev–Trinajstić information content (AvgIpc) is 3.34. The van der Waals surface area contributed by atoms with Crippen LogP contribution in [-0.4, -0.2) is 34.4 Å². The van der Waals surface area contributed by atoms with E-state index in [9.17, 15) is 4.79 Å². The third-order valence-electron chi connectivity index (χ3n) is 4.88. The van der Waals surface area contributed by atoms with Gasteiger partial charge in [0.05, 0.1) is 6.61 Å². The van der Waals surface area contributed by atoms with Crippen LogP contribution in [0.2, 0.25) is 0 Å². The number of hydrogen-bond acceptors (Lipinski definition) is 4. The number of fused-ring (bicyclic) bond motifs is 1. The Morgan fingerprint density at radius 1 is 1.30 bits per heavy atom. The lowest BCUT2D eigenvalue weighted by molar-refractivity contribution is 0.0932. The Morgan fingerprint density at radius 3 is 3.00 bits per heavy atom. The van der Waals surface area contributed by atoms with Gasteiger partial charge >= 0.3 is 0 Å². The highest BCUT2D eigenvalue weighted by atomic mass is 32.2. The second-order valence-electron chi connectivity index (χ2n) is 6.55. The van der Waals surface area contributed by atoms with Crippen LogP contribution in [0.4, 0.5) is 0 Å². The maximum atomic E-state index is 12.8. The van der Waals surface area contributed by atoms with Crippen molar-refractivity contribution in [2.45, 2.75) is 24.0 Å². The van der Waals surface area contributed by atoms with E-state index < -0.39 is 0 Å². The molecule has 6 heteroatoms. The molecule has 1 N–H and O–H groups in total. The summed E-state index contributed by atoms with van der Waals surface area (Å²) >= 11 is 1.57. The molecule has 0 saturated carbocycles. The summed E-state index contributed by atoms with van der Waals surface area (Å²) in [5, 5.41) is 4.02. The Bertz CT molecular complexity index is 969. The Morgan fingerprint density at radius 2 is 2.15 bits per heavy atom. The molecular weight excluding hydrogens is 358 g/mol. The van der Waals surface area contributed by atoms with Crippen LogP contribution in [-0.2, 0) is 0 Å². The Kier molecular flexibility index (Phi) is 4.90. The molecule has 0 bridgehead atoms. The highest BCUT2D eigenvalue weighted by Crippen LogP contribution is 2.35. The standard InChI is InChI=1S/C21H21N3O2S/c1-14(18-13-26-19-9-4-3-8-17(18)19)23-20(25)15-6-5-7-16(12-15)24-11-10-22-21(24)27-2/h3-12,14,18H,13H2,1-2H3,(H,23,25)/t14-,18+/m1/s1. The van der Waals surface area contributed by atoms with Crippen molar-refractivity contribution in [1.29, 1.82) is 0 Å². The predicted molar refractivity (Wildman–Crippen MR) is 107 cm³/mol. The summed E-state index contributed by atoms with van der Waals surface area (Å²) in [5.74, 6) is 0.986. The summed E-state index contributed by atoms with van der Waals surface area (Å²) < 4.78 is 7.73.